The van der Waals surface area contributed by atoms with Crippen LogP contribution in [0.15, 0.2) is 27.1 Å². The fourth-order valence-corrected chi connectivity index (χ4v) is 1.92. The number of anilines is 1. The zero-order valence-corrected chi connectivity index (χ0v) is 11.9. The van der Waals surface area contributed by atoms with Crippen molar-refractivity contribution in [1.82, 2.24) is 0 Å². The van der Waals surface area contributed by atoms with E-state index in [4.69, 9.17) is 4.74 Å². The summed E-state index contributed by atoms with van der Waals surface area (Å²) in [6, 6.07) is 6.09. The first-order chi connectivity index (χ1) is 7.24. The first kappa shape index (κ1) is 13.0. The Balaban J connectivity index is 2.33. The Hall–Kier alpha value is -0.0600. The highest BCUT2D eigenvalue weighted by Gasteiger charge is 1.99. The zero-order chi connectivity index (χ0) is 11.1. The molecule has 1 rings (SSSR count). The smallest absolute Gasteiger partial charge is 0.0495 e. The van der Waals surface area contributed by atoms with Gasteiger partial charge in [-0.2, -0.15) is 0 Å². The van der Waals surface area contributed by atoms with Gasteiger partial charge in [0.2, 0.25) is 0 Å². The van der Waals surface area contributed by atoms with Gasteiger partial charge < -0.3 is 10.1 Å². The van der Waals surface area contributed by atoms with E-state index in [2.05, 4.69) is 43.2 Å². The van der Waals surface area contributed by atoms with Crippen LogP contribution < -0.4 is 5.32 Å². The largest absolute Gasteiger partial charge is 0.384 e. The van der Waals surface area contributed by atoms with Gasteiger partial charge in [0.05, 0.1) is 0 Å². The van der Waals surface area contributed by atoms with Crippen LogP contribution in [0.4, 0.5) is 5.69 Å². The van der Waals surface area contributed by atoms with Crippen LogP contribution in [-0.4, -0.2) is 19.8 Å². The van der Waals surface area contributed by atoms with E-state index in [1.807, 2.05) is 19.1 Å². The summed E-state index contributed by atoms with van der Waals surface area (Å²) < 4.78 is 7.43. The van der Waals surface area contributed by atoms with Crippen LogP contribution in [0.3, 0.4) is 0 Å². The summed E-state index contributed by atoms with van der Waals surface area (Å²) in [5.74, 6) is 0. The fraction of sp³-hybridized carbons (Fsp3) is 0.455. The van der Waals surface area contributed by atoms with Crippen molar-refractivity contribution in [1.29, 1.82) is 0 Å². The number of nitrogens with one attached hydrogen (secondary N) is 1. The van der Waals surface area contributed by atoms with Gasteiger partial charge in [0.15, 0.2) is 0 Å². The molecule has 0 aliphatic heterocycles. The summed E-state index contributed by atoms with van der Waals surface area (Å²) in [6.45, 7) is 4.54. The molecule has 0 fully saturated rings. The van der Waals surface area contributed by atoms with Crippen molar-refractivity contribution < 1.29 is 4.74 Å². The van der Waals surface area contributed by atoms with Gasteiger partial charge in [-0.05, 0) is 47.5 Å². The molecule has 0 saturated carbocycles. The molecule has 1 aromatic carbocycles. The van der Waals surface area contributed by atoms with Crippen molar-refractivity contribution in [2.24, 2.45) is 0 Å². The van der Waals surface area contributed by atoms with E-state index in [-0.39, 0.29) is 0 Å². The van der Waals surface area contributed by atoms with Crippen molar-refractivity contribution in [3.05, 3.63) is 27.1 Å². The van der Waals surface area contributed by atoms with Crippen LogP contribution >= 0.6 is 31.9 Å². The lowest BCUT2D eigenvalue weighted by Crippen LogP contribution is -2.06. The van der Waals surface area contributed by atoms with Gasteiger partial charge in [-0.25, -0.2) is 0 Å². The van der Waals surface area contributed by atoms with E-state index in [9.17, 15) is 0 Å². The van der Waals surface area contributed by atoms with Gasteiger partial charge in [-0.3, -0.25) is 0 Å². The summed E-state index contributed by atoms with van der Waals surface area (Å²) in [5, 5.41) is 3.36. The van der Waals surface area contributed by atoms with E-state index in [0.29, 0.717) is 0 Å². The number of hydrogen-bond acceptors (Lipinski definition) is 2. The Labute approximate surface area is 108 Å². The summed E-state index contributed by atoms with van der Waals surface area (Å²) in [4.78, 5) is 0. The highest BCUT2D eigenvalue weighted by Crippen LogP contribution is 2.25. The van der Waals surface area contributed by atoms with Gasteiger partial charge in [0.25, 0.3) is 0 Å². The van der Waals surface area contributed by atoms with Crippen LogP contribution in [0.25, 0.3) is 0 Å². The summed E-state index contributed by atoms with van der Waals surface area (Å²) in [5.41, 5.74) is 1.11. The molecule has 1 aromatic rings. The highest BCUT2D eigenvalue weighted by atomic mass is 79.9. The number of ether oxygens (including phenoxy) is 1. The second-order valence-electron chi connectivity index (χ2n) is 3.10. The topological polar surface area (TPSA) is 21.3 Å². The molecule has 0 atom stereocenters. The Kier molecular flexibility index (Phi) is 6.29. The summed E-state index contributed by atoms with van der Waals surface area (Å²) in [6.07, 6.45) is 1.02. The minimum Gasteiger partial charge on any atom is -0.384 e. The van der Waals surface area contributed by atoms with Crippen molar-refractivity contribution in [3.63, 3.8) is 0 Å². The quantitative estimate of drug-likeness (QED) is 0.791. The van der Waals surface area contributed by atoms with E-state index in [0.717, 1.165) is 40.8 Å². The Bertz CT molecular complexity index is 305. The van der Waals surface area contributed by atoms with Gasteiger partial charge >= 0.3 is 0 Å². The second kappa shape index (κ2) is 7.25. The maximum Gasteiger partial charge on any atom is 0.0495 e. The molecule has 0 saturated heterocycles. The molecule has 0 amide bonds. The van der Waals surface area contributed by atoms with Crippen molar-refractivity contribution in [2.75, 3.05) is 25.1 Å². The van der Waals surface area contributed by atoms with Crippen molar-refractivity contribution in [3.8, 4) is 0 Å². The normalized spacial score (nSPS) is 10.3. The third-order valence-corrected chi connectivity index (χ3v) is 3.10. The first-order valence-corrected chi connectivity index (χ1v) is 6.59. The average molecular weight is 337 g/mol. The fourth-order valence-electron chi connectivity index (χ4n) is 1.17. The maximum atomic E-state index is 5.26. The standard InChI is InChI=1S/C11H15Br2NO/c1-2-15-7-3-6-14-11-8-9(12)4-5-10(11)13/h4-5,8,14H,2-3,6-7H2,1H3. The Morgan fingerprint density at radius 1 is 1.33 bits per heavy atom. The molecule has 0 spiro atoms. The minimum atomic E-state index is 0.792. The predicted molar refractivity (Wildman–Crippen MR) is 71.4 cm³/mol. The molecule has 0 unspecified atom stereocenters. The molecule has 0 aliphatic carbocycles. The van der Waals surface area contributed by atoms with Crippen molar-refractivity contribution in [2.45, 2.75) is 13.3 Å². The third kappa shape index (κ3) is 5.00. The molecule has 4 heteroatoms. The zero-order valence-electron chi connectivity index (χ0n) is 8.72. The van der Waals surface area contributed by atoms with Crippen LogP contribution in [0.5, 0.6) is 0 Å². The van der Waals surface area contributed by atoms with E-state index < -0.39 is 0 Å². The number of benzene rings is 1. The lowest BCUT2D eigenvalue weighted by molar-refractivity contribution is 0.147. The first-order valence-electron chi connectivity index (χ1n) is 5.00. The van der Waals surface area contributed by atoms with Gasteiger partial charge in [-0.1, -0.05) is 15.9 Å². The third-order valence-electron chi connectivity index (χ3n) is 1.91. The molecule has 1 N–H and O–H groups in total. The summed E-state index contributed by atoms with van der Waals surface area (Å²) >= 11 is 6.94. The Morgan fingerprint density at radius 3 is 2.87 bits per heavy atom. The van der Waals surface area contributed by atoms with Crippen molar-refractivity contribution >= 4 is 37.5 Å². The van der Waals surface area contributed by atoms with Gasteiger partial charge in [0.1, 0.15) is 0 Å². The molecule has 2 nitrogen and oxygen atoms in total. The molecule has 15 heavy (non-hydrogen) atoms. The molecule has 0 heterocycles. The van der Waals surface area contributed by atoms with Gasteiger partial charge in [0, 0.05) is 34.4 Å². The van der Waals surface area contributed by atoms with Crippen LogP contribution in [0.2, 0.25) is 0 Å². The lowest BCUT2D eigenvalue weighted by atomic mass is 10.3. The number of hydrogen-bond donors (Lipinski definition) is 1. The monoisotopic (exact) mass is 335 g/mol. The predicted octanol–water partition coefficient (Wildman–Crippen LogP) is 4.05. The highest BCUT2D eigenvalue weighted by molar-refractivity contribution is 9.11. The molecule has 0 aromatic heterocycles. The molecular formula is C11H15Br2NO. The molecule has 0 bridgehead atoms. The van der Waals surface area contributed by atoms with Crippen LogP contribution in [0.1, 0.15) is 13.3 Å². The minimum absolute atomic E-state index is 0.792. The molecule has 0 aliphatic rings. The number of rotatable bonds is 6. The maximum absolute atomic E-state index is 5.26. The summed E-state index contributed by atoms with van der Waals surface area (Å²) in [7, 11) is 0. The lowest BCUT2D eigenvalue weighted by Gasteiger charge is -2.08. The van der Waals surface area contributed by atoms with E-state index in [1.165, 1.54) is 0 Å². The van der Waals surface area contributed by atoms with Gasteiger partial charge in [-0.15, -0.1) is 0 Å². The number of halogens is 2. The van der Waals surface area contributed by atoms with E-state index >= 15 is 0 Å². The van der Waals surface area contributed by atoms with E-state index in [1.54, 1.807) is 0 Å². The molecule has 0 radical (unpaired) electrons. The molecular weight excluding hydrogens is 322 g/mol. The molecule has 84 valence electrons. The second-order valence-corrected chi connectivity index (χ2v) is 4.87. The average Bonchev–Trinajstić information content (AvgIpc) is 2.23. The van der Waals surface area contributed by atoms with Crippen LogP contribution in [-0.2, 0) is 4.74 Å². The SMILES string of the molecule is CCOCCCNc1cc(Br)ccc1Br. The Morgan fingerprint density at radius 2 is 2.13 bits per heavy atom. The van der Waals surface area contributed by atoms with Crippen LogP contribution in [0, 0.1) is 0 Å².